The Morgan fingerprint density at radius 2 is 1.58 bits per heavy atom. The van der Waals surface area contributed by atoms with E-state index in [-0.39, 0.29) is 25.5 Å². The van der Waals surface area contributed by atoms with Crippen LogP contribution >= 0.6 is 0 Å². The standard InChI is InChI=1S/C20H17N2O.C11H8N.Ir/c1-20(2,3)13-11-17(22-21-12-13)16-9-6-8-15-14-7-4-5-10-18(14)23-19(15)16;1-2-6-10(7-3-1)11-8-4-5-9-12-11;/h4-8,10-12H,1-3H3;1-6,8-9H;/q2*-1;. The van der Waals surface area contributed by atoms with Crippen molar-refractivity contribution >= 4 is 21.9 Å². The third-order valence-corrected chi connectivity index (χ3v) is 5.77. The molecule has 181 valence electrons. The van der Waals surface area contributed by atoms with E-state index < -0.39 is 0 Å². The fraction of sp³-hybridized carbons (Fsp3) is 0.129. The number of para-hydroxylation sites is 1. The Bertz CT molecular complexity index is 1530. The first kappa shape index (κ1) is 25.4. The summed E-state index contributed by atoms with van der Waals surface area (Å²) in [7, 11) is 0. The molecule has 6 aromatic rings. The van der Waals surface area contributed by atoms with Gasteiger partial charge in [0.1, 0.15) is 5.58 Å². The molecule has 4 nitrogen and oxygen atoms in total. The average Bonchev–Trinajstić information content (AvgIpc) is 3.29. The van der Waals surface area contributed by atoms with Gasteiger partial charge < -0.3 is 9.40 Å². The van der Waals surface area contributed by atoms with Gasteiger partial charge >= 0.3 is 0 Å². The summed E-state index contributed by atoms with van der Waals surface area (Å²) >= 11 is 0. The van der Waals surface area contributed by atoms with Crippen LogP contribution in [0, 0.1) is 12.1 Å². The predicted molar refractivity (Wildman–Crippen MR) is 141 cm³/mol. The topological polar surface area (TPSA) is 51.8 Å². The second kappa shape index (κ2) is 10.9. The van der Waals surface area contributed by atoms with Crippen molar-refractivity contribution in [2.24, 2.45) is 0 Å². The van der Waals surface area contributed by atoms with E-state index in [0.717, 1.165) is 50.0 Å². The molecule has 6 rings (SSSR count). The molecule has 0 spiro atoms. The molecule has 3 heterocycles. The summed E-state index contributed by atoms with van der Waals surface area (Å²) in [4.78, 5) is 4.22. The second-order valence-corrected chi connectivity index (χ2v) is 9.26. The van der Waals surface area contributed by atoms with Crippen molar-refractivity contribution < 1.29 is 24.5 Å². The number of furan rings is 1. The second-order valence-electron chi connectivity index (χ2n) is 9.26. The van der Waals surface area contributed by atoms with Crippen LogP contribution in [-0.4, -0.2) is 15.2 Å². The van der Waals surface area contributed by atoms with Crippen molar-refractivity contribution in [3.8, 4) is 22.5 Å². The zero-order valence-corrected chi connectivity index (χ0v) is 22.7. The maximum absolute atomic E-state index is 6.06. The first-order valence-electron chi connectivity index (χ1n) is 11.5. The van der Waals surface area contributed by atoms with Crippen molar-refractivity contribution in [2.45, 2.75) is 26.2 Å². The maximum Gasteiger partial charge on any atom is 0.120 e. The largest absolute Gasteiger partial charge is 0.501 e. The molecule has 0 aliphatic carbocycles. The van der Waals surface area contributed by atoms with Gasteiger partial charge in [0.2, 0.25) is 0 Å². The van der Waals surface area contributed by atoms with Crippen LogP contribution < -0.4 is 0 Å². The van der Waals surface area contributed by atoms with Gasteiger partial charge in [0, 0.05) is 37.4 Å². The van der Waals surface area contributed by atoms with E-state index in [4.69, 9.17) is 4.42 Å². The Balaban J connectivity index is 0.000000198. The molecule has 0 fully saturated rings. The number of pyridine rings is 1. The summed E-state index contributed by atoms with van der Waals surface area (Å²) in [5.74, 6) is 0. The van der Waals surface area contributed by atoms with Gasteiger partial charge in [-0.25, -0.2) is 5.10 Å². The van der Waals surface area contributed by atoms with Crippen LogP contribution in [0.3, 0.4) is 0 Å². The fourth-order valence-corrected chi connectivity index (χ4v) is 3.85. The maximum atomic E-state index is 6.06. The normalized spacial score (nSPS) is 11.0. The molecule has 0 unspecified atom stereocenters. The first-order valence-corrected chi connectivity index (χ1v) is 11.5. The van der Waals surface area contributed by atoms with Gasteiger partial charge in [-0.05, 0) is 28.8 Å². The summed E-state index contributed by atoms with van der Waals surface area (Å²) in [6.07, 6.45) is 3.61. The third-order valence-electron chi connectivity index (χ3n) is 5.77. The van der Waals surface area contributed by atoms with Crippen LogP contribution in [0.15, 0.2) is 102 Å². The van der Waals surface area contributed by atoms with Gasteiger partial charge in [-0.15, -0.1) is 54.1 Å². The summed E-state index contributed by atoms with van der Waals surface area (Å²) in [5, 5.41) is 10.7. The van der Waals surface area contributed by atoms with Crippen LogP contribution in [0.1, 0.15) is 26.3 Å². The molecule has 36 heavy (non-hydrogen) atoms. The van der Waals surface area contributed by atoms with Crippen molar-refractivity contribution in [1.82, 2.24) is 15.2 Å². The van der Waals surface area contributed by atoms with E-state index in [0.29, 0.717) is 0 Å². The monoisotopic (exact) mass is 648 g/mol. The van der Waals surface area contributed by atoms with Gasteiger partial charge in [0.15, 0.2) is 0 Å². The molecule has 0 aliphatic rings. The molecule has 1 radical (unpaired) electrons. The van der Waals surface area contributed by atoms with E-state index in [1.165, 1.54) is 0 Å². The van der Waals surface area contributed by atoms with Crippen LogP contribution in [0.4, 0.5) is 0 Å². The van der Waals surface area contributed by atoms with E-state index in [2.05, 4.69) is 60.2 Å². The molecule has 0 saturated carbocycles. The number of aromatic nitrogens is 3. The summed E-state index contributed by atoms with van der Waals surface area (Å²) in [6.45, 7) is 6.50. The molecule has 3 aromatic heterocycles. The molecule has 0 bridgehead atoms. The summed E-state index contributed by atoms with van der Waals surface area (Å²) < 4.78 is 6.06. The zero-order chi connectivity index (χ0) is 24.3. The van der Waals surface area contributed by atoms with Crippen molar-refractivity contribution in [2.75, 3.05) is 0 Å². The van der Waals surface area contributed by atoms with E-state index in [1.54, 1.807) is 6.20 Å². The number of hydrogen-bond acceptors (Lipinski definition) is 4. The quantitative estimate of drug-likeness (QED) is 0.181. The van der Waals surface area contributed by atoms with Gasteiger partial charge in [-0.3, -0.25) is 0 Å². The molecule has 0 saturated heterocycles. The average molecular weight is 648 g/mol. The van der Waals surface area contributed by atoms with Gasteiger partial charge in [-0.2, -0.15) is 5.10 Å². The third kappa shape index (κ3) is 5.43. The Kier molecular flexibility index (Phi) is 7.73. The molecular weight excluding hydrogens is 623 g/mol. The first-order chi connectivity index (χ1) is 17.0. The Hall–Kier alpha value is -3.66. The van der Waals surface area contributed by atoms with Crippen LogP contribution in [0.2, 0.25) is 0 Å². The van der Waals surface area contributed by atoms with Crippen molar-refractivity contribution in [1.29, 1.82) is 0 Å². The number of nitrogens with zero attached hydrogens (tertiary/aromatic N) is 3. The minimum Gasteiger partial charge on any atom is -0.501 e. The molecule has 0 aliphatic heterocycles. The minimum absolute atomic E-state index is 0. The minimum atomic E-state index is 0. The van der Waals surface area contributed by atoms with Gasteiger partial charge in [0.05, 0.1) is 11.8 Å². The SMILES string of the molecule is CC(C)(C)c1cnnc(-c2[c-]ccc3c2oc2ccccc23)c1.[Ir].[c-]1ccccc1-c1ccccn1. The van der Waals surface area contributed by atoms with Crippen LogP contribution in [0.5, 0.6) is 0 Å². The summed E-state index contributed by atoms with van der Waals surface area (Å²) in [5.41, 5.74) is 6.52. The smallest absolute Gasteiger partial charge is 0.120 e. The molecular formula is C31H25IrN3O-2. The molecule has 0 amide bonds. The Morgan fingerprint density at radius 1 is 0.778 bits per heavy atom. The van der Waals surface area contributed by atoms with Crippen molar-refractivity contribution in [3.05, 3.63) is 115 Å². The molecule has 0 N–H and O–H groups in total. The Morgan fingerprint density at radius 3 is 2.33 bits per heavy atom. The van der Waals surface area contributed by atoms with Gasteiger partial charge in [0.25, 0.3) is 0 Å². The molecule has 0 atom stereocenters. The zero-order valence-electron chi connectivity index (χ0n) is 20.3. The number of hydrogen-bond donors (Lipinski definition) is 0. The van der Waals surface area contributed by atoms with E-state index in [1.807, 2.05) is 79.0 Å². The fourth-order valence-electron chi connectivity index (χ4n) is 3.85. The summed E-state index contributed by atoms with van der Waals surface area (Å²) in [6, 6.07) is 34.2. The Labute approximate surface area is 224 Å². The van der Waals surface area contributed by atoms with Crippen molar-refractivity contribution in [3.63, 3.8) is 0 Å². The van der Waals surface area contributed by atoms with Gasteiger partial charge in [-0.1, -0.05) is 68.1 Å². The van der Waals surface area contributed by atoms with E-state index >= 15 is 0 Å². The van der Waals surface area contributed by atoms with E-state index in [9.17, 15) is 0 Å². The number of fused-ring (bicyclic) bond motifs is 3. The number of benzene rings is 3. The molecule has 5 heteroatoms. The number of rotatable bonds is 2. The predicted octanol–water partition coefficient (Wildman–Crippen LogP) is 7.69. The van der Waals surface area contributed by atoms with Crippen LogP contribution in [-0.2, 0) is 25.5 Å². The molecule has 3 aromatic carbocycles. The van der Waals surface area contributed by atoms with Crippen LogP contribution in [0.25, 0.3) is 44.5 Å².